The van der Waals surface area contributed by atoms with Crippen LogP contribution in [0.15, 0.2) is 140 Å². The van der Waals surface area contributed by atoms with E-state index >= 15 is 0 Å². The van der Waals surface area contributed by atoms with Crippen LogP contribution in [0.25, 0.3) is 90.9 Å². The first-order valence-corrected chi connectivity index (χ1v) is 34.7. The highest BCUT2D eigenvalue weighted by Crippen LogP contribution is 2.53. The van der Waals surface area contributed by atoms with Gasteiger partial charge in [-0.15, -0.1) is 0 Å². The Morgan fingerprint density at radius 3 is 1.60 bits per heavy atom. The minimum atomic E-state index is -2.39. The molecule has 8 bridgehead atoms. The molecule has 9 N–H and O–H groups in total. The second-order valence-electron chi connectivity index (χ2n) is 26.7. The number of carbonyl (C=O) groups is 8. The van der Waals surface area contributed by atoms with Crippen molar-refractivity contribution in [2.75, 3.05) is 34.5 Å². The van der Waals surface area contributed by atoms with Crippen LogP contribution in [0.4, 0.5) is 0 Å². The van der Waals surface area contributed by atoms with Crippen LogP contribution in [0.1, 0.15) is 159 Å². The van der Waals surface area contributed by atoms with Gasteiger partial charge in [-0.25, -0.2) is 19.6 Å². The highest BCUT2D eigenvalue weighted by atomic mass is 16.7. The third-order valence-electron chi connectivity index (χ3n) is 20.2. The number of ether oxygens (including phenoxy) is 5. The number of nitrogens with one attached hydrogen (secondary N) is 4. The second-order valence-corrected chi connectivity index (χ2v) is 26.7. The first-order chi connectivity index (χ1) is 51.7. The molecule has 14 rings (SSSR count). The van der Waals surface area contributed by atoms with E-state index in [0.717, 1.165) is 28.5 Å². The Kier molecular flexibility index (Phi) is 19.9. The number of fused-ring (bicyclic) bond motifs is 11. The maximum Gasteiger partial charge on any atom is 0.337 e. The van der Waals surface area contributed by atoms with Gasteiger partial charge in [0.1, 0.15) is 41.8 Å². The smallest absolute Gasteiger partial charge is 0.337 e. The maximum absolute atomic E-state index is 14.2. The normalized spacial score (nSPS) is 18.4. The Hall–Kier alpha value is -12.3. The molecule has 6 heterocycles. The Morgan fingerprint density at radius 2 is 1.11 bits per heavy atom. The Morgan fingerprint density at radius 1 is 0.617 bits per heavy atom. The zero-order valence-corrected chi connectivity index (χ0v) is 58.4. The third kappa shape index (κ3) is 13.6. The summed E-state index contributed by atoms with van der Waals surface area (Å²) in [6.45, 7) is 0.703. The maximum atomic E-state index is 14.2. The number of aromatic nitrogens is 4. The van der Waals surface area contributed by atoms with Crippen molar-refractivity contribution in [2.24, 2.45) is 0 Å². The first-order valence-electron chi connectivity index (χ1n) is 34.7. The standard InChI is InChI=1S/C83H72N6O18/c1-42-75(94)61(37-66(106-42)107-63-39-83(102,64(92)41-91)38-52-72(63)79(98)74-73(77(52)96)76(95)51-9-8-10-62(103-2)71(51)78(74)97)89-65(93)11-6-5-7-36-84-80(99)48-22-16-45(17-23-48)68-55-32-34-59(87-55)69(46-18-24-49(25-19-46)81(100)104-3)57-30-28-53(85-57)67(44-14-12-43(40-90)13-15-44)54-29-31-58(86-54)70(60-35-33-56(68)88-60)47-20-26-50(27-21-47)82(101)105-4/h8-10,12-35,40,42,61,63,66,75,85,88,91,94,96,98,102H,5-7,11,36-39,41H2,1-4H3,(H,84,99)(H,89,93)/t42-,61-,63-,66-,75+,83-/m0/s1. The molecule has 5 aliphatic rings. The monoisotopic (exact) mass is 1440 g/mol. The number of amides is 2. The van der Waals surface area contributed by atoms with Gasteiger partial charge in [-0.05, 0) is 133 Å². The molecule has 107 heavy (non-hydrogen) atoms. The third-order valence-corrected chi connectivity index (χ3v) is 20.2. The number of aliphatic hydroxyl groups is 3. The van der Waals surface area contributed by atoms with Crippen molar-refractivity contribution in [3.8, 4) is 61.8 Å². The number of carbonyl (C=O) groups excluding carboxylic acids is 8. The minimum absolute atomic E-state index is 0.0383. The summed E-state index contributed by atoms with van der Waals surface area (Å²) < 4.78 is 27.9. The van der Waals surface area contributed by atoms with Crippen LogP contribution in [0, 0.1) is 0 Å². The van der Waals surface area contributed by atoms with Crippen LogP contribution >= 0.6 is 0 Å². The van der Waals surface area contributed by atoms with Gasteiger partial charge in [0.05, 0.1) is 90.2 Å². The van der Waals surface area contributed by atoms with Crippen LogP contribution in [-0.4, -0.2) is 157 Å². The van der Waals surface area contributed by atoms with Crippen molar-refractivity contribution < 1.29 is 87.6 Å². The van der Waals surface area contributed by atoms with Crippen LogP contribution in [0.2, 0.25) is 0 Å². The van der Waals surface area contributed by atoms with Gasteiger partial charge in [0, 0.05) is 104 Å². The number of aliphatic hydroxyl groups excluding tert-OH is 2. The van der Waals surface area contributed by atoms with Gasteiger partial charge in [0.15, 0.2) is 17.9 Å². The quantitative estimate of drug-likeness (QED) is 0.0148. The summed E-state index contributed by atoms with van der Waals surface area (Å²) >= 11 is 0. The van der Waals surface area contributed by atoms with E-state index in [0.29, 0.717) is 109 Å². The summed E-state index contributed by atoms with van der Waals surface area (Å²) in [7, 11) is 3.95. The lowest BCUT2D eigenvalue weighted by Gasteiger charge is -2.43. The van der Waals surface area contributed by atoms with E-state index in [1.165, 1.54) is 46.5 Å². The van der Waals surface area contributed by atoms with Crippen molar-refractivity contribution in [3.63, 3.8) is 0 Å². The van der Waals surface area contributed by atoms with E-state index in [1.54, 1.807) is 48.5 Å². The number of unbranched alkanes of at least 4 members (excludes halogenated alkanes) is 2. The number of methoxy groups -OCH3 is 3. The molecule has 6 atom stereocenters. The number of hydrogen-bond donors (Lipinski definition) is 9. The Bertz CT molecular complexity index is 5330. The fourth-order valence-corrected chi connectivity index (χ4v) is 14.7. The number of hydrogen-bond acceptors (Lipinski definition) is 20. The SMILES string of the molecule is COC(=O)c1ccc(-c2c3nc(c(-c4ccc(C(=O)NCCCCCC(=O)N[C@H]5C[C@H](O[C@H]6C[C@](O)(C(=O)CO)Cc7c(O)c8c(c(O)c76)C(=O)c6c(OC)cccc6C8=O)O[C@@H](C)[C@H]5O)cc4)c4ccc([nH]4)c(-c4ccc(C(=O)OC)cc4)c4nc(c(-c5ccc(C=O)cc5)c5ccc2[nH]5)C=C4)C=C3)cc1. The summed E-state index contributed by atoms with van der Waals surface area (Å²) in [4.78, 5) is 124. The summed E-state index contributed by atoms with van der Waals surface area (Å²) in [6, 6.07) is 39.6. The van der Waals surface area contributed by atoms with Crippen molar-refractivity contribution in [2.45, 2.75) is 88.1 Å². The molecule has 1 saturated heterocycles. The number of aromatic hydroxyl groups is 2. The summed E-state index contributed by atoms with van der Waals surface area (Å²) in [5, 5.41) is 62.7. The minimum Gasteiger partial charge on any atom is -0.507 e. The van der Waals surface area contributed by atoms with Gasteiger partial charge in [-0.3, -0.25) is 28.8 Å². The van der Waals surface area contributed by atoms with Crippen molar-refractivity contribution in [1.82, 2.24) is 30.6 Å². The van der Waals surface area contributed by atoms with E-state index in [-0.39, 0.29) is 53.3 Å². The number of benzene rings is 6. The molecule has 24 heteroatoms. The molecule has 3 aliphatic heterocycles. The summed E-state index contributed by atoms with van der Waals surface area (Å²) in [6.07, 6.45) is 3.51. The number of aromatic amines is 2. The highest BCUT2D eigenvalue weighted by molar-refractivity contribution is 6.31. The van der Waals surface area contributed by atoms with Gasteiger partial charge in [0.25, 0.3) is 5.91 Å². The molecule has 24 nitrogen and oxygen atoms in total. The number of phenols is 2. The van der Waals surface area contributed by atoms with E-state index in [9.17, 15) is 63.9 Å². The first kappa shape index (κ1) is 71.7. The molecule has 0 unspecified atom stereocenters. The Balaban J connectivity index is 0.695. The number of nitrogens with zero attached hydrogens (tertiary/aromatic N) is 2. The molecule has 3 aromatic heterocycles. The fourth-order valence-electron chi connectivity index (χ4n) is 14.7. The molecule has 542 valence electrons. The number of phenolic OH excluding ortho intramolecular Hbond substituents is 2. The van der Waals surface area contributed by atoms with E-state index in [2.05, 4.69) is 20.6 Å². The molecule has 6 aromatic carbocycles. The average molecular weight is 1440 g/mol. The molecule has 2 amide bonds. The van der Waals surface area contributed by atoms with Crippen LogP contribution in [-0.2, 0) is 35.0 Å². The van der Waals surface area contributed by atoms with Crippen LogP contribution in [0.5, 0.6) is 17.2 Å². The number of aldehydes is 1. The number of rotatable bonds is 20. The van der Waals surface area contributed by atoms with Crippen LogP contribution < -0.4 is 15.4 Å². The zero-order valence-electron chi connectivity index (χ0n) is 58.4. The number of Topliss-reactive ketones (excluding diaryl/α,β-unsaturated/α-hetero) is 1. The molecule has 2 aliphatic carbocycles. The number of H-pyrrole nitrogens is 2. The molecular formula is C83H72N6O18. The van der Waals surface area contributed by atoms with Gasteiger partial charge >= 0.3 is 11.9 Å². The van der Waals surface area contributed by atoms with Crippen molar-refractivity contribution >= 4 is 93.8 Å². The lowest BCUT2D eigenvalue weighted by molar-refractivity contribution is -0.249. The molecule has 9 aromatic rings. The highest BCUT2D eigenvalue weighted by Gasteiger charge is 2.51. The summed E-state index contributed by atoms with van der Waals surface area (Å²) in [5.74, 6) is -5.94. The van der Waals surface area contributed by atoms with Gasteiger partial charge < -0.3 is 69.8 Å². The zero-order chi connectivity index (χ0) is 75.1. The molecule has 0 radical (unpaired) electrons. The lowest BCUT2D eigenvalue weighted by atomic mass is 9.72. The molecule has 1 fully saturated rings. The summed E-state index contributed by atoms with van der Waals surface area (Å²) in [5.41, 5.74) is 8.29. The predicted octanol–water partition coefficient (Wildman–Crippen LogP) is 11.2. The lowest BCUT2D eigenvalue weighted by Crippen LogP contribution is -2.55. The van der Waals surface area contributed by atoms with Gasteiger partial charge in [-0.1, -0.05) is 79.2 Å². The van der Waals surface area contributed by atoms with Crippen LogP contribution in [0.3, 0.4) is 0 Å². The van der Waals surface area contributed by atoms with Gasteiger partial charge in [0.2, 0.25) is 11.7 Å². The molecular weight excluding hydrogens is 1370 g/mol. The molecule has 0 saturated carbocycles. The van der Waals surface area contributed by atoms with Gasteiger partial charge in [-0.2, -0.15) is 0 Å². The number of esters is 2. The van der Waals surface area contributed by atoms with E-state index in [1.807, 2.05) is 97.1 Å². The topological polar surface area (TPSA) is 365 Å². The molecule has 0 spiro atoms. The van der Waals surface area contributed by atoms with E-state index in [4.69, 9.17) is 33.7 Å². The average Bonchev–Trinajstić information content (AvgIpc) is 1.50. The van der Waals surface area contributed by atoms with Crippen molar-refractivity contribution in [1.29, 1.82) is 0 Å². The largest absolute Gasteiger partial charge is 0.507 e. The van der Waals surface area contributed by atoms with E-state index < -0.39 is 114 Å². The Labute approximate surface area is 611 Å². The second kappa shape index (κ2) is 29.7. The predicted molar refractivity (Wildman–Crippen MR) is 395 cm³/mol. The fraction of sp³-hybridized carbons (Fsp3) is 0.229. The van der Waals surface area contributed by atoms with Crippen molar-refractivity contribution in [3.05, 3.63) is 218 Å². The number of ketones is 3.